The van der Waals surface area contributed by atoms with E-state index in [1.54, 1.807) is 0 Å². The summed E-state index contributed by atoms with van der Waals surface area (Å²) in [7, 11) is 0. The lowest BCUT2D eigenvalue weighted by Gasteiger charge is -2.11. The van der Waals surface area contributed by atoms with Gasteiger partial charge in [0, 0.05) is 23.7 Å². The summed E-state index contributed by atoms with van der Waals surface area (Å²) in [6, 6.07) is 5.22. The fraction of sp³-hybridized carbons (Fsp3) is 0.571. The zero-order chi connectivity index (χ0) is 12.3. The van der Waals surface area contributed by atoms with Gasteiger partial charge in [0.25, 0.3) is 0 Å². The molecule has 3 heteroatoms. The van der Waals surface area contributed by atoms with E-state index in [2.05, 4.69) is 40.3 Å². The average molecular weight is 298 g/mol. The van der Waals surface area contributed by atoms with Gasteiger partial charge in [0.1, 0.15) is 0 Å². The van der Waals surface area contributed by atoms with Crippen LogP contribution in [0.25, 0.3) is 0 Å². The van der Waals surface area contributed by atoms with Gasteiger partial charge in [-0.2, -0.15) is 0 Å². The molecule has 0 spiro atoms. The molecule has 1 fully saturated rings. The Kier molecular flexibility index (Phi) is 4.60. The van der Waals surface area contributed by atoms with Gasteiger partial charge in [-0.1, -0.05) is 22.0 Å². The molecule has 1 aliphatic carbocycles. The molecule has 0 atom stereocenters. The van der Waals surface area contributed by atoms with Crippen LogP contribution in [0.5, 0.6) is 0 Å². The second-order valence-electron chi connectivity index (χ2n) is 4.84. The van der Waals surface area contributed by atoms with Gasteiger partial charge in [-0.05, 0) is 55.4 Å². The minimum absolute atomic E-state index is 0.265. The van der Waals surface area contributed by atoms with Crippen molar-refractivity contribution in [3.05, 3.63) is 33.3 Å². The van der Waals surface area contributed by atoms with Crippen LogP contribution in [-0.4, -0.2) is 17.8 Å². The predicted octanol–water partition coefficient (Wildman–Crippen LogP) is 2.93. The number of hydrogen-bond acceptors (Lipinski definition) is 2. The van der Waals surface area contributed by atoms with E-state index in [0.29, 0.717) is 0 Å². The molecule has 0 bridgehead atoms. The van der Waals surface area contributed by atoms with Gasteiger partial charge in [0.2, 0.25) is 0 Å². The van der Waals surface area contributed by atoms with Gasteiger partial charge >= 0.3 is 0 Å². The zero-order valence-electron chi connectivity index (χ0n) is 10.3. The highest BCUT2D eigenvalue weighted by molar-refractivity contribution is 9.10. The van der Waals surface area contributed by atoms with Gasteiger partial charge < -0.3 is 10.4 Å². The number of aliphatic hydroxyl groups excluding tert-OH is 1. The first kappa shape index (κ1) is 13.1. The maximum absolute atomic E-state index is 8.92. The number of rotatable bonds is 6. The van der Waals surface area contributed by atoms with Crippen molar-refractivity contribution in [1.82, 2.24) is 5.32 Å². The molecule has 94 valence electrons. The Hall–Kier alpha value is -0.380. The van der Waals surface area contributed by atoms with Crippen molar-refractivity contribution in [3.63, 3.8) is 0 Å². The van der Waals surface area contributed by atoms with Gasteiger partial charge in [0.05, 0.1) is 0 Å². The van der Waals surface area contributed by atoms with Crippen LogP contribution in [0.4, 0.5) is 0 Å². The van der Waals surface area contributed by atoms with Gasteiger partial charge in [0.15, 0.2) is 0 Å². The first-order valence-electron chi connectivity index (χ1n) is 6.33. The highest BCUT2D eigenvalue weighted by atomic mass is 79.9. The molecule has 1 saturated carbocycles. The maximum Gasteiger partial charge on any atom is 0.0434 e. The molecule has 0 heterocycles. The third-order valence-corrected chi connectivity index (χ3v) is 4.11. The molecular formula is C14H20BrNO. The molecule has 0 aromatic heterocycles. The number of aryl methyl sites for hydroxylation is 1. The van der Waals surface area contributed by atoms with Crippen molar-refractivity contribution in [2.24, 2.45) is 0 Å². The van der Waals surface area contributed by atoms with Crippen molar-refractivity contribution in [1.29, 1.82) is 0 Å². The fourth-order valence-electron chi connectivity index (χ4n) is 1.98. The molecule has 1 aromatic rings. The SMILES string of the molecule is Cc1c(Br)cc(CNC2CC2)cc1CCCO. The third kappa shape index (κ3) is 3.80. The Bertz CT molecular complexity index is 388. The van der Waals surface area contributed by atoms with Gasteiger partial charge in [-0.3, -0.25) is 0 Å². The lowest BCUT2D eigenvalue weighted by molar-refractivity contribution is 0.288. The van der Waals surface area contributed by atoms with Crippen LogP contribution in [0.2, 0.25) is 0 Å². The van der Waals surface area contributed by atoms with E-state index in [-0.39, 0.29) is 6.61 Å². The van der Waals surface area contributed by atoms with Crippen molar-refractivity contribution in [2.45, 2.75) is 45.2 Å². The molecule has 0 unspecified atom stereocenters. The molecule has 2 nitrogen and oxygen atoms in total. The topological polar surface area (TPSA) is 32.3 Å². The maximum atomic E-state index is 8.92. The molecule has 0 amide bonds. The molecule has 1 aromatic carbocycles. The van der Waals surface area contributed by atoms with Crippen LogP contribution < -0.4 is 5.32 Å². The van der Waals surface area contributed by atoms with Crippen molar-refractivity contribution in [3.8, 4) is 0 Å². The van der Waals surface area contributed by atoms with Crippen LogP contribution >= 0.6 is 15.9 Å². The minimum atomic E-state index is 0.265. The molecule has 17 heavy (non-hydrogen) atoms. The fourth-order valence-corrected chi connectivity index (χ4v) is 2.53. The molecule has 1 aliphatic rings. The molecule has 2 N–H and O–H groups in total. The van der Waals surface area contributed by atoms with Crippen LogP contribution in [-0.2, 0) is 13.0 Å². The minimum Gasteiger partial charge on any atom is -0.396 e. The largest absolute Gasteiger partial charge is 0.396 e. The van der Waals surface area contributed by atoms with Gasteiger partial charge in [-0.25, -0.2) is 0 Å². The average Bonchev–Trinajstić information content (AvgIpc) is 3.12. The Balaban J connectivity index is 2.06. The van der Waals surface area contributed by atoms with E-state index < -0.39 is 0 Å². The van der Waals surface area contributed by atoms with E-state index >= 15 is 0 Å². The van der Waals surface area contributed by atoms with Crippen LogP contribution in [0, 0.1) is 6.92 Å². The van der Waals surface area contributed by atoms with Crippen molar-refractivity contribution >= 4 is 15.9 Å². The number of halogens is 1. The first-order valence-corrected chi connectivity index (χ1v) is 7.12. The second-order valence-corrected chi connectivity index (χ2v) is 5.70. The first-order chi connectivity index (χ1) is 8.20. The number of nitrogens with one attached hydrogen (secondary N) is 1. The summed E-state index contributed by atoms with van der Waals surface area (Å²) in [5, 5.41) is 12.5. The van der Waals surface area contributed by atoms with Crippen LogP contribution in [0.1, 0.15) is 36.0 Å². The number of aliphatic hydroxyl groups is 1. The Morgan fingerprint density at radius 1 is 1.41 bits per heavy atom. The summed E-state index contributed by atoms with van der Waals surface area (Å²) in [5.41, 5.74) is 3.98. The molecular weight excluding hydrogens is 278 g/mol. The standard InChI is InChI=1S/C14H20BrNO/c1-10-12(3-2-6-17)7-11(8-14(10)15)9-16-13-4-5-13/h7-8,13,16-17H,2-6,9H2,1H3. The quantitative estimate of drug-likeness (QED) is 0.846. The summed E-state index contributed by atoms with van der Waals surface area (Å²) >= 11 is 3.62. The molecule has 0 radical (unpaired) electrons. The summed E-state index contributed by atoms with van der Waals surface area (Å²) in [6.45, 7) is 3.35. The number of hydrogen-bond donors (Lipinski definition) is 2. The highest BCUT2D eigenvalue weighted by Crippen LogP contribution is 2.24. The smallest absolute Gasteiger partial charge is 0.0434 e. The van der Waals surface area contributed by atoms with Gasteiger partial charge in [-0.15, -0.1) is 0 Å². The van der Waals surface area contributed by atoms with E-state index in [4.69, 9.17) is 5.11 Å². The predicted molar refractivity (Wildman–Crippen MR) is 74.1 cm³/mol. The Morgan fingerprint density at radius 3 is 2.82 bits per heavy atom. The molecule has 0 aliphatic heterocycles. The normalized spacial score (nSPS) is 15.2. The van der Waals surface area contributed by atoms with Crippen LogP contribution in [0.15, 0.2) is 16.6 Å². The summed E-state index contributed by atoms with van der Waals surface area (Å²) < 4.78 is 1.18. The van der Waals surface area contributed by atoms with E-state index in [1.807, 2.05) is 0 Å². The van der Waals surface area contributed by atoms with E-state index in [0.717, 1.165) is 25.4 Å². The van der Waals surface area contributed by atoms with E-state index in [1.165, 1.54) is 34.0 Å². The molecule has 2 rings (SSSR count). The highest BCUT2D eigenvalue weighted by Gasteiger charge is 2.20. The summed E-state index contributed by atoms with van der Waals surface area (Å²) in [4.78, 5) is 0. The van der Waals surface area contributed by atoms with Crippen molar-refractivity contribution < 1.29 is 5.11 Å². The Morgan fingerprint density at radius 2 is 2.18 bits per heavy atom. The van der Waals surface area contributed by atoms with E-state index in [9.17, 15) is 0 Å². The lowest BCUT2D eigenvalue weighted by Crippen LogP contribution is -2.15. The third-order valence-electron chi connectivity index (χ3n) is 3.29. The summed E-state index contributed by atoms with van der Waals surface area (Å²) in [6.07, 6.45) is 4.44. The van der Waals surface area contributed by atoms with Crippen LogP contribution in [0.3, 0.4) is 0 Å². The molecule has 0 saturated heterocycles. The van der Waals surface area contributed by atoms with Crippen molar-refractivity contribution in [2.75, 3.05) is 6.61 Å². The Labute approximate surface area is 112 Å². The second kappa shape index (κ2) is 5.98. The zero-order valence-corrected chi connectivity index (χ0v) is 11.9. The monoisotopic (exact) mass is 297 g/mol. The lowest BCUT2D eigenvalue weighted by atomic mass is 10.0. The number of benzene rings is 1. The summed E-state index contributed by atoms with van der Waals surface area (Å²) in [5.74, 6) is 0.